The van der Waals surface area contributed by atoms with Gasteiger partial charge in [0.15, 0.2) is 10.7 Å². The molecule has 0 fully saturated rings. The van der Waals surface area contributed by atoms with E-state index in [1.165, 1.54) is 20.2 Å². The van der Waals surface area contributed by atoms with Gasteiger partial charge in [-0.2, -0.15) is 0 Å². The van der Waals surface area contributed by atoms with Crippen molar-refractivity contribution in [1.82, 2.24) is 9.97 Å². The van der Waals surface area contributed by atoms with Crippen molar-refractivity contribution < 1.29 is 19.4 Å². The number of nitrogens with zero attached hydrogens (tertiary/aromatic N) is 3. The van der Waals surface area contributed by atoms with Gasteiger partial charge < -0.3 is 25.2 Å². The summed E-state index contributed by atoms with van der Waals surface area (Å²) in [6, 6.07) is 0. The fourth-order valence-electron chi connectivity index (χ4n) is 1.65. The third-order valence-electron chi connectivity index (χ3n) is 2.51. The fraction of sp³-hybridized carbons (Fsp3) is 0.417. The van der Waals surface area contributed by atoms with Crippen LogP contribution in [-0.4, -0.2) is 40.9 Å². The number of anilines is 2. The Morgan fingerprint density at radius 1 is 1.33 bits per heavy atom. The maximum Gasteiger partial charge on any atom is 0.355 e. The average Bonchev–Trinajstić information content (AvgIpc) is 2.34. The summed E-state index contributed by atoms with van der Waals surface area (Å²) in [5.74, 6) is -1.90. The van der Waals surface area contributed by atoms with E-state index < -0.39 is 17.7 Å². The van der Waals surface area contributed by atoms with Gasteiger partial charge in [0.05, 0.1) is 0 Å². The van der Waals surface area contributed by atoms with Crippen molar-refractivity contribution in [2.75, 3.05) is 24.7 Å². The third-order valence-corrected chi connectivity index (χ3v) is 3.57. The van der Waals surface area contributed by atoms with E-state index in [9.17, 15) is 9.90 Å². The quantitative estimate of drug-likeness (QED) is 0.629. The molecule has 0 saturated carbocycles. The van der Waals surface area contributed by atoms with E-state index in [0.29, 0.717) is 16.5 Å². The molecule has 1 aromatic heterocycles. The smallest absolute Gasteiger partial charge is 0.355 e. The maximum atomic E-state index is 11.9. The summed E-state index contributed by atoms with van der Waals surface area (Å²) < 4.78 is 10.2. The molecule has 3 N–H and O–H groups in total. The highest BCUT2D eigenvalue weighted by Crippen LogP contribution is 2.38. The van der Waals surface area contributed by atoms with Crippen molar-refractivity contribution in [2.45, 2.75) is 24.7 Å². The van der Waals surface area contributed by atoms with E-state index in [-0.39, 0.29) is 4.91 Å². The van der Waals surface area contributed by atoms with E-state index >= 15 is 0 Å². The summed E-state index contributed by atoms with van der Waals surface area (Å²) in [5, 5.41) is 10.2. The fourth-order valence-corrected chi connectivity index (χ4v) is 2.40. The highest BCUT2D eigenvalue weighted by Gasteiger charge is 2.37. The zero-order valence-corrected chi connectivity index (χ0v) is 12.9. The standard InChI is InChI=1S/C12H16N4O4S/c1-12(2)19-10(17)7(11(18)20-12)21-9-6(13)8(16(3)4)14-5-15-9/h5,17H,13H2,1-4H3. The summed E-state index contributed by atoms with van der Waals surface area (Å²) in [6.07, 6.45) is 1.32. The number of thioether (sulfide) groups is 1. The second-order valence-electron chi connectivity index (χ2n) is 4.94. The van der Waals surface area contributed by atoms with Gasteiger partial charge in [-0.05, 0) is 0 Å². The van der Waals surface area contributed by atoms with Crippen LogP contribution in [0.25, 0.3) is 0 Å². The molecule has 0 atom stereocenters. The number of hydrogen-bond acceptors (Lipinski definition) is 9. The zero-order valence-electron chi connectivity index (χ0n) is 12.1. The average molecular weight is 312 g/mol. The minimum atomic E-state index is -1.21. The Balaban J connectivity index is 2.35. The summed E-state index contributed by atoms with van der Waals surface area (Å²) in [4.78, 5) is 21.6. The lowest BCUT2D eigenvalue weighted by atomic mass is 10.3. The molecule has 2 rings (SSSR count). The van der Waals surface area contributed by atoms with Crippen LogP contribution in [0.15, 0.2) is 22.2 Å². The Labute approximate surface area is 126 Å². The monoisotopic (exact) mass is 312 g/mol. The molecule has 0 spiro atoms. The predicted molar refractivity (Wildman–Crippen MR) is 77.5 cm³/mol. The van der Waals surface area contributed by atoms with E-state index in [4.69, 9.17) is 15.2 Å². The lowest BCUT2D eigenvalue weighted by molar-refractivity contribution is -0.219. The predicted octanol–water partition coefficient (Wildman–Crippen LogP) is 1.25. The second kappa shape index (κ2) is 5.32. The maximum absolute atomic E-state index is 11.9. The van der Waals surface area contributed by atoms with Crippen LogP contribution in [0.5, 0.6) is 0 Å². The van der Waals surface area contributed by atoms with Crippen LogP contribution in [0.3, 0.4) is 0 Å². The third kappa shape index (κ3) is 3.13. The molecule has 2 heterocycles. The summed E-state index contributed by atoms with van der Waals surface area (Å²) in [6.45, 7) is 3.04. The minimum Gasteiger partial charge on any atom is -0.480 e. The summed E-state index contributed by atoms with van der Waals surface area (Å²) in [7, 11) is 3.56. The molecule has 0 amide bonds. The molecule has 0 aliphatic carbocycles. The Bertz CT molecular complexity index is 615. The van der Waals surface area contributed by atoms with Gasteiger partial charge in [0, 0.05) is 27.9 Å². The SMILES string of the molecule is CN(C)c1ncnc(SC2=C(O)OC(C)(C)OC2=O)c1N. The number of cyclic esters (lactones) is 1. The van der Waals surface area contributed by atoms with Crippen molar-refractivity contribution in [3.05, 3.63) is 17.2 Å². The number of hydrogen-bond donors (Lipinski definition) is 2. The lowest BCUT2D eigenvalue weighted by Crippen LogP contribution is -2.36. The van der Waals surface area contributed by atoms with Crippen LogP contribution < -0.4 is 10.6 Å². The van der Waals surface area contributed by atoms with Gasteiger partial charge in [0.25, 0.3) is 5.79 Å². The van der Waals surface area contributed by atoms with Gasteiger partial charge in [-0.1, -0.05) is 11.8 Å². The van der Waals surface area contributed by atoms with Crippen LogP contribution in [0.2, 0.25) is 0 Å². The number of rotatable bonds is 3. The van der Waals surface area contributed by atoms with Crippen LogP contribution in [0, 0.1) is 0 Å². The van der Waals surface area contributed by atoms with Crippen LogP contribution in [-0.2, 0) is 14.3 Å². The molecule has 0 saturated heterocycles. The lowest BCUT2D eigenvalue weighted by Gasteiger charge is -2.30. The van der Waals surface area contributed by atoms with Crippen LogP contribution in [0.1, 0.15) is 13.8 Å². The molecule has 9 heteroatoms. The first-order valence-corrected chi connectivity index (χ1v) is 6.84. The molecule has 1 aromatic rings. The molecule has 21 heavy (non-hydrogen) atoms. The number of aromatic nitrogens is 2. The summed E-state index contributed by atoms with van der Waals surface area (Å²) in [5.41, 5.74) is 6.26. The molecule has 0 unspecified atom stereocenters. The van der Waals surface area contributed by atoms with E-state index in [1.807, 2.05) is 0 Å². The van der Waals surface area contributed by atoms with Gasteiger partial charge in [0.1, 0.15) is 17.0 Å². The molecule has 8 nitrogen and oxygen atoms in total. The van der Waals surface area contributed by atoms with E-state index in [1.54, 1.807) is 19.0 Å². The van der Waals surface area contributed by atoms with E-state index in [0.717, 1.165) is 11.8 Å². The number of carbonyl (C=O) groups excluding carboxylic acids is 1. The number of aliphatic hydroxyl groups is 1. The second-order valence-corrected chi connectivity index (χ2v) is 5.94. The van der Waals surface area contributed by atoms with Crippen LogP contribution in [0.4, 0.5) is 11.5 Å². The first kappa shape index (κ1) is 15.2. The molecule has 0 aromatic carbocycles. The van der Waals surface area contributed by atoms with Crippen molar-refractivity contribution in [3.8, 4) is 0 Å². The first-order chi connectivity index (χ1) is 9.71. The number of aliphatic hydroxyl groups excluding tert-OH is 1. The van der Waals surface area contributed by atoms with Crippen LogP contribution >= 0.6 is 11.8 Å². The van der Waals surface area contributed by atoms with Crippen molar-refractivity contribution >= 4 is 29.2 Å². The van der Waals surface area contributed by atoms with Gasteiger partial charge in [-0.3, -0.25) is 0 Å². The number of nitrogens with two attached hydrogens (primary N) is 1. The van der Waals surface area contributed by atoms with Crippen molar-refractivity contribution in [1.29, 1.82) is 0 Å². The van der Waals surface area contributed by atoms with Gasteiger partial charge in [-0.15, -0.1) is 0 Å². The Morgan fingerprint density at radius 2 is 2.00 bits per heavy atom. The molecule has 1 aliphatic heterocycles. The molecule has 0 bridgehead atoms. The molecule has 0 radical (unpaired) electrons. The number of esters is 1. The summed E-state index contributed by atoms with van der Waals surface area (Å²) >= 11 is 0.867. The number of ether oxygens (including phenoxy) is 2. The molecule has 1 aliphatic rings. The Hall–Kier alpha value is -2.16. The zero-order chi connectivity index (χ0) is 15.8. The molecule has 114 valence electrons. The van der Waals surface area contributed by atoms with Crippen molar-refractivity contribution in [3.63, 3.8) is 0 Å². The van der Waals surface area contributed by atoms with Gasteiger partial charge >= 0.3 is 11.9 Å². The number of carbonyl (C=O) groups is 1. The number of nitrogen functional groups attached to an aromatic ring is 1. The molecular weight excluding hydrogens is 296 g/mol. The highest BCUT2D eigenvalue weighted by atomic mass is 32.2. The van der Waals surface area contributed by atoms with Gasteiger partial charge in [-0.25, -0.2) is 14.8 Å². The Kier molecular flexibility index (Phi) is 3.86. The Morgan fingerprint density at radius 3 is 2.57 bits per heavy atom. The molecular formula is C12H16N4O4S. The topological polar surface area (TPSA) is 111 Å². The highest BCUT2D eigenvalue weighted by molar-refractivity contribution is 8.04. The first-order valence-electron chi connectivity index (χ1n) is 6.02. The minimum absolute atomic E-state index is 0.107. The van der Waals surface area contributed by atoms with Gasteiger partial charge in [0.2, 0.25) is 0 Å². The normalized spacial score (nSPS) is 17.2. The largest absolute Gasteiger partial charge is 0.480 e. The van der Waals surface area contributed by atoms with Crippen molar-refractivity contribution in [2.24, 2.45) is 0 Å². The van der Waals surface area contributed by atoms with E-state index in [2.05, 4.69) is 9.97 Å².